The molecule has 2 aromatic rings. The number of rotatable bonds is 4. The van der Waals surface area contributed by atoms with Gasteiger partial charge in [-0.3, -0.25) is 4.79 Å². The summed E-state index contributed by atoms with van der Waals surface area (Å²) in [6.07, 6.45) is 1.04. The Bertz CT molecular complexity index is 1100. The number of nitrogens with one attached hydrogen (secondary N) is 1. The number of carbonyl (C=O) groups excluding carboxylic acids is 1. The maximum atomic E-state index is 13.3. The first kappa shape index (κ1) is 19.0. The van der Waals surface area contributed by atoms with Crippen LogP contribution in [0.25, 0.3) is 0 Å². The van der Waals surface area contributed by atoms with Crippen molar-refractivity contribution in [2.24, 2.45) is 0 Å². The van der Waals surface area contributed by atoms with Gasteiger partial charge in [0, 0.05) is 24.4 Å². The molecule has 0 spiro atoms. The Morgan fingerprint density at radius 2 is 1.63 bits per heavy atom. The minimum Gasteiger partial charge on any atom is -0.486 e. The third-order valence-corrected chi connectivity index (χ3v) is 7.17. The van der Waals surface area contributed by atoms with Gasteiger partial charge in [-0.2, -0.15) is 4.31 Å². The molecule has 1 N–H and O–H groups in total. The monoisotopic (exact) mass is 432 g/mol. The maximum absolute atomic E-state index is 13.3. The molecule has 158 valence electrons. The summed E-state index contributed by atoms with van der Waals surface area (Å²) in [6, 6.07) is 8.78. The molecule has 1 saturated heterocycles. The third-order valence-electron chi connectivity index (χ3n) is 5.27. The lowest BCUT2D eigenvalue weighted by Gasteiger charge is -2.24. The lowest BCUT2D eigenvalue weighted by molar-refractivity contribution is -0.119. The van der Waals surface area contributed by atoms with Crippen LogP contribution in [0, 0.1) is 0 Å². The van der Waals surface area contributed by atoms with Gasteiger partial charge >= 0.3 is 0 Å². The fourth-order valence-electron chi connectivity index (χ4n) is 3.81. The normalized spacial score (nSPS) is 20.2. The molecule has 3 aliphatic rings. The Morgan fingerprint density at radius 1 is 0.933 bits per heavy atom. The predicted molar refractivity (Wildman–Crippen MR) is 106 cm³/mol. The molecule has 0 aromatic heterocycles. The van der Waals surface area contributed by atoms with E-state index in [1.165, 1.54) is 16.4 Å². The first-order chi connectivity index (χ1) is 14.5. The van der Waals surface area contributed by atoms with E-state index in [2.05, 4.69) is 5.32 Å². The number of nitrogens with zero attached hydrogens (tertiary/aromatic N) is 1. The van der Waals surface area contributed by atoms with Crippen LogP contribution in [0.1, 0.15) is 12.8 Å². The van der Waals surface area contributed by atoms with Crippen molar-refractivity contribution in [1.29, 1.82) is 0 Å². The van der Waals surface area contributed by atoms with E-state index < -0.39 is 16.1 Å². The molecule has 0 bridgehead atoms. The Hall–Kier alpha value is -2.98. The quantitative estimate of drug-likeness (QED) is 0.788. The summed E-state index contributed by atoms with van der Waals surface area (Å²) in [4.78, 5) is 13.0. The van der Waals surface area contributed by atoms with Gasteiger partial charge in [-0.1, -0.05) is 0 Å². The minimum absolute atomic E-state index is 0.0783. The van der Waals surface area contributed by atoms with Gasteiger partial charge in [0.15, 0.2) is 23.0 Å². The molecular formula is C20H20N2O7S. The summed E-state index contributed by atoms with van der Waals surface area (Å²) >= 11 is 0. The first-order valence-electron chi connectivity index (χ1n) is 9.64. The average molecular weight is 432 g/mol. The molecule has 2 aromatic carbocycles. The predicted octanol–water partition coefficient (Wildman–Crippen LogP) is 1.98. The van der Waals surface area contributed by atoms with E-state index in [1.807, 2.05) is 0 Å². The number of hydrogen-bond acceptors (Lipinski definition) is 7. The van der Waals surface area contributed by atoms with Gasteiger partial charge in [0.05, 0.1) is 4.90 Å². The Labute approximate surface area is 173 Å². The minimum atomic E-state index is -3.88. The van der Waals surface area contributed by atoms with Crippen molar-refractivity contribution in [3.8, 4) is 23.0 Å². The Morgan fingerprint density at radius 3 is 2.50 bits per heavy atom. The van der Waals surface area contributed by atoms with Gasteiger partial charge < -0.3 is 24.3 Å². The number of amides is 1. The zero-order valence-electron chi connectivity index (χ0n) is 16.0. The van der Waals surface area contributed by atoms with Crippen LogP contribution in [0.5, 0.6) is 23.0 Å². The van der Waals surface area contributed by atoms with Crippen LogP contribution in [0.2, 0.25) is 0 Å². The van der Waals surface area contributed by atoms with Crippen molar-refractivity contribution < 1.29 is 32.2 Å². The largest absolute Gasteiger partial charge is 0.486 e. The van der Waals surface area contributed by atoms with Gasteiger partial charge in [0.25, 0.3) is 0 Å². The van der Waals surface area contributed by atoms with Crippen molar-refractivity contribution in [2.45, 2.75) is 23.8 Å². The molecule has 3 heterocycles. The van der Waals surface area contributed by atoms with E-state index in [1.54, 1.807) is 24.3 Å². The fraction of sp³-hybridized carbons (Fsp3) is 0.350. The molecule has 9 nitrogen and oxygen atoms in total. The van der Waals surface area contributed by atoms with Crippen LogP contribution in [-0.4, -0.2) is 51.2 Å². The van der Waals surface area contributed by atoms with Crippen molar-refractivity contribution in [2.75, 3.05) is 31.9 Å². The number of hydrogen-bond donors (Lipinski definition) is 1. The second kappa shape index (κ2) is 7.37. The zero-order chi connectivity index (χ0) is 20.7. The van der Waals surface area contributed by atoms with E-state index in [0.717, 1.165) is 0 Å². The van der Waals surface area contributed by atoms with Crippen molar-refractivity contribution in [3.05, 3.63) is 36.4 Å². The van der Waals surface area contributed by atoms with E-state index in [9.17, 15) is 13.2 Å². The zero-order valence-corrected chi connectivity index (χ0v) is 16.8. The summed E-state index contributed by atoms with van der Waals surface area (Å²) in [7, 11) is -3.88. The van der Waals surface area contributed by atoms with Crippen LogP contribution in [0.3, 0.4) is 0 Å². The summed E-state index contributed by atoms with van der Waals surface area (Å²) in [6.45, 7) is 1.20. The highest BCUT2D eigenvalue weighted by atomic mass is 32.2. The molecule has 1 amide bonds. The number of anilines is 1. The standard InChI is InChI=1S/C20H20N2O7S/c23-20(21-13-3-5-17-18(10-13)29-12-28-17)15-2-1-7-22(15)30(24,25)14-4-6-16-19(11-14)27-9-8-26-16/h3-6,10-11,15H,1-2,7-9,12H2,(H,21,23)/t15-/m0/s1. The Balaban J connectivity index is 1.37. The SMILES string of the molecule is O=C(Nc1ccc2c(c1)OCO2)[C@@H]1CCCN1S(=O)(=O)c1ccc2c(c1)OCCO2. The smallest absolute Gasteiger partial charge is 0.243 e. The number of ether oxygens (including phenoxy) is 4. The third kappa shape index (κ3) is 3.31. The van der Waals surface area contributed by atoms with Gasteiger partial charge in [0.1, 0.15) is 19.3 Å². The van der Waals surface area contributed by atoms with E-state index >= 15 is 0 Å². The molecule has 0 saturated carbocycles. The second-order valence-electron chi connectivity index (χ2n) is 7.14. The summed E-state index contributed by atoms with van der Waals surface area (Å²) in [5, 5.41) is 2.79. The van der Waals surface area contributed by atoms with Crippen LogP contribution in [0.15, 0.2) is 41.3 Å². The number of benzene rings is 2. The Kier molecular flexibility index (Phi) is 4.67. The molecule has 1 atom stereocenters. The topological polar surface area (TPSA) is 103 Å². The molecule has 5 rings (SSSR count). The van der Waals surface area contributed by atoms with E-state index in [0.29, 0.717) is 54.7 Å². The summed E-state index contributed by atoms with van der Waals surface area (Å²) in [5.41, 5.74) is 0.521. The van der Waals surface area contributed by atoms with Gasteiger partial charge in [-0.05, 0) is 37.1 Å². The van der Waals surface area contributed by atoms with Crippen molar-refractivity contribution in [1.82, 2.24) is 4.31 Å². The van der Waals surface area contributed by atoms with Crippen LogP contribution < -0.4 is 24.3 Å². The lowest BCUT2D eigenvalue weighted by Crippen LogP contribution is -2.43. The summed E-state index contributed by atoms with van der Waals surface area (Å²) < 4.78 is 49.3. The maximum Gasteiger partial charge on any atom is 0.243 e. The van der Waals surface area contributed by atoms with Crippen LogP contribution in [0.4, 0.5) is 5.69 Å². The first-order valence-corrected chi connectivity index (χ1v) is 11.1. The second-order valence-corrected chi connectivity index (χ2v) is 9.03. The fourth-order valence-corrected chi connectivity index (χ4v) is 5.48. The number of carbonyl (C=O) groups is 1. The van der Waals surface area contributed by atoms with Crippen molar-refractivity contribution >= 4 is 21.6 Å². The molecule has 1 fully saturated rings. The highest BCUT2D eigenvalue weighted by Gasteiger charge is 2.40. The highest BCUT2D eigenvalue weighted by Crippen LogP contribution is 2.36. The molecule has 30 heavy (non-hydrogen) atoms. The molecule has 0 unspecified atom stereocenters. The number of sulfonamides is 1. The van der Waals surface area contributed by atoms with Gasteiger partial charge in [-0.25, -0.2) is 8.42 Å². The van der Waals surface area contributed by atoms with Gasteiger partial charge in [0.2, 0.25) is 22.7 Å². The number of fused-ring (bicyclic) bond motifs is 2. The van der Waals surface area contributed by atoms with Crippen LogP contribution >= 0.6 is 0 Å². The molecule has 0 radical (unpaired) electrons. The van der Waals surface area contributed by atoms with E-state index in [-0.39, 0.29) is 24.1 Å². The summed E-state index contributed by atoms with van der Waals surface area (Å²) in [5.74, 6) is 1.67. The van der Waals surface area contributed by atoms with E-state index in [4.69, 9.17) is 18.9 Å². The molecule has 0 aliphatic carbocycles. The lowest BCUT2D eigenvalue weighted by atomic mass is 10.2. The molecule has 3 aliphatic heterocycles. The van der Waals surface area contributed by atoms with Crippen LogP contribution in [-0.2, 0) is 14.8 Å². The molecule has 10 heteroatoms. The van der Waals surface area contributed by atoms with Gasteiger partial charge in [-0.15, -0.1) is 0 Å². The highest BCUT2D eigenvalue weighted by molar-refractivity contribution is 7.89. The average Bonchev–Trinajstić information content (AvgIpc) is 3.43. The molecular weight excluding hydrogens is 412 g/mol. The van der Waals surface area contributed by atoms with Crippen molar-refractivity contribution in [3.63, 3.8) is 0 Å².